The van der Waals surface area contributed by atoms with Crippen LogP contribution in [0.1, 0.15) is 36.5 Å². The number of benzene rings is 1. The van der Waals surface area contributed by atoms with Gasteiger partial charge < -0.3 is 14.7 Å². The van der Waals surface area contributed by atoms with Crippen molar-refractivity contribution in [1.82, 2.24) is 4.90 Å². The molecule has 1 aliphatic heterocycles. The SMILES string of the molecule is CC1(C(=O)O)CCN(C(=O)c2ccc(OCC3CC3)cc2)C1. The van der Waals surface area contributed by atoms with Crippen LogP contribution in [0.5, 0.6) is 5.75 Å². The van der Waals surface area contributed by atoms with Gasteiger partial charge in [-0.15, -0.1) is 0 Å². The number of carbonyl (C=O) groups excluding carboxylic acids is 1. The predicted molar refractivity (Wildman–Crippen MR) is 80.9 cm³/mol. The van der Waals surface area contributed by atoms with Crippen molar-refractivity contribution in [2.24, 2.45) is 11.3 Å². The standard InChI is InChI=1S/C17H21NO4/c1-17(16(20)21)8-9-18(11-17)15(19)13-4-6-14(7-5-13)22-10-12-2-3-12/h4-7,12H,2-3,8-11H2,1H3,(H,20,21). The van der Waals surface area contributed by atoms with Crippen molar-refractivity contribution in [3.8, 4) is 5.75 Å². The lowest BCUT2D eigenvalue weighted by atomic mass is 9.90. The molecule has 1 saturated heterocycles. The van der Waals surface area contributed by atoms with Gasteiger partial charge in [-0.2, -0.15) is 0 Å². The maximum atomic E-state index is 12.4. The van der Waals surface area contributed by atoms with Crippen LogP contribution in [0, 0.1) is 11.3 Å². The molecule has 5 heteroatoms. The number of amides is 1. The van der Waals surface area contributed by atoms with E-state index in [1.54, 1.807) is 24.0 Å². The zero-order valence-corrected chi connectivity index (χ0v) is 12.7. The fourth-order valence-corrected chi connectivity index (χ4v) is 2.68. The Morgan fingerprint density at radius 2 is 2.00 bits per heavy atom. The predicted octanol–water partition coefficient (Wildman–Crippen LogP) is 2.41. The van der Waals surface area contributed by atoms with E-state index in [1.807, 2.05) is 12.1 Å². The van der Waals surface area contributed by atoms with Gasteiger partial charge in [0.15, 0.2) is 0 Å². The minimum absolute atomic E-state index is 0.112. The maximum absolute atomic E-state index is 12.4. The normalized spacial score (nSPS) is 24.3. The molecule has 0 radical (unpaired) electrons. The molecule has 0 aromatic heterocycles. The van der Waals surface area contributed by atoms with Crippen molar-refractivity contribution < 1.29 is 19.4 Å². The number of carboxylic acids is 1. The second-order valence-corrected chi connectivity index (χ2v) is 6.62. The fourth-order valence-electron chi connectivity index (χ4n) is 2.68. The highest BCUT2D eigenvalue weighted by Crippen LogP contribution is 2.32. The molecule has 0 spiro atoms. The summed E-state index contributed by atoms with van der Waals surface area (Å²) in [6, 6.07) is 7.12. The summed E-state index contributed by atoms with van der Waals surface area (Å²) < 4.78 is 5.65. The van der Waals surface area contributed by atoms with E-state index in [1.165, 1.54) is 12.8 Å². The van der Waals surface area contributed by atoms with Gasteiger partial charge in [0.2, 0.25) is 0 Å². The van der Waals surface area contributed by atoms with E-state index in [0.29, 0.717) is 24.4 Å². The zero-order valence-electron chi connectivity index (χ0n) is 12.7. The summed E-state index contributed by atoms with van der Waals surface area (Å²) >= 11 is 0. The Morgan fingerprint density at radius 3 is 2.55 bits per heavy atom. The average Bonchev–Trinajstić information content (AvgIpc) is 3.25. The highest BCUT2D eigenvalue weighted by molar-refractivity contribution is 5.95. The lowest BCUT2D eigenvalue weighted by molar-refractivity contribution is -0.147. The fraction of sp³-hybridized carbons (Fsp3) is 0.529. The molecule has 1 heterocycles. The van der Waals surface area contributed by atoms with Crippen LogP contribution in [0.2, 0.25) is 0 Å². The van der Waals surface area contributed by atoms with E-state index in [-0.39, 0.29) is 12.5 Å². The molecular formula is C17H21NO4. The van der Waals surface area contributed by atoms with E-state index in [2.05, 4.69) is 0 Å². The first-order valence-electron chi connectivity index (χ1n) is 7.73. The summed E-state index contributed by atoms with van der Waals surface area (Å²) in [7, 11) is 0. The number of hydrogen-bond donors (Lipinski definition) is 1. The van der Waals surface area contributed by atoms with E-state index >= 15 is 0 Å². The van der Waals surface area contributed by atoms with Gasteiger partial charge >= 0.3 is 5.97 Å². The van der Waals surface area contributed by atoms with Crippen LogP contribution in [-0.4, -0.2) is 41.6 Å². The average molecular weight is 303 g/mol. The monoisotopic (exact) mass is 303 g/mol. The van der Waals surface area contributed by atoms with Crippen LogP contribution >= 0.6 is 0 Å². The Kier molecular flexibility index (Phi) is 3.81. The number of rotatable bonds is 5. The smallest absolute Gasteiger partial charge is 0.311 e. The number of hydrogen-bond acceptors (Lipinski definition) is 3. The van der Waals surface area contributed by atoms with Crippen LogP contribution in [-0.2, 0) is 4.79 Å². The lowest BCUT2D eigenvalue weighted by Gasteiger charge is -2.20. The highest BCUT2D eigenvalue weighted by atomic mass is 16.5. The van der Waals surface area contributed by atoms with Gasteiger partial charge in [0.25, 0.3) is 5.91 Å². The highest BCUT2D eigenvalue weighted by Gasteiger charge is 2.42. The molecule has 1 atom stereocenters. The van der Waals surface area contributed by atoms with E-state index in [9.17, 15) is 14.7 Å². The molecule has 5 nitrogen and oxygen atoms in total. The summed E-state index contributed by atoms with van der Waals surface area (Å²) in [5, 5.41) is 9.23. The molecule has 1 aromatic rings. The summed E-state index contributed by atoms with van der Waals surface area (Å²) in [5.41, 5.74) is -0.253. The second kappa shape index (κ2) is 5.63. The minimum atomic E-state index is -0.841. The van der Waals surface area contributed by atoms with Crippen LogP contribution in [0.3, 0.4) is 0 Å². The van der Waals surface area contributed by atoms with Crippen LogP contribution in [0.15, 0.2) is 24.3 Å². The molecule has 1 saturated carbocycles. The van der Waals surface area contributed by atoms with Gasteiger partial charge in [-0.25, -0.2) is 0 Å². The third-order valence-electron chi connectivity index (χ3n) is 4.56. The van der Waals surface area contributed by atoms with Gasteiger partial charge in [0.1, 0.15) is 5.75 Å². The van der Waals surface area contributed by atoms with Crippen molar-refractivity contribution in [3.05, 3.63) is 29.8 Å². The summed E-state index contributed by atoms with van der Waals surface area (Å²) in [6.45, 7) is 3.19. The number of likely N-dealkylation sites (tertiary alicyclic amines) is 1. The largest absolute Gasteiger partial charge is 0.493 e. The number of nitrogens with zero attached hydrogens (tertiary/aromatic N) is 1. The minimum Gasteiger partial charge on any atom is -0.493 e. The number of ether oxygens (including phenoxy) is 1. The Balaban J connectivity index is 1.61. The van der Waals surface area contributed by atoms with Crippen LogP contribution in [0.25, 0.3) is 0 Å². The Labute approximate surface area is 129 Å². The molecule has 22 heavy (non-hydrogen) atoms. The molecular weight excluding hydrogens is 282 g/mol. The van der Waals surface area contributed by atoms with Gasteiger partial charge in [-0.1, -0.05) is 0 Å². The third kappa shape index (κ3) is 3.08. The number of carboxylic acid groups (broad SMARTS) is 1. The summed E-state index contributed by atoms with van der Waals surface area (Å²) in [4.78, 5) is 25.3. The molecule has 0 bridgehead atoms. The van der Waals surface area contributed by atoms with Crippen LogP contribution in [0.4, 0.5) is 0 Å². The Hall–Kier alpha value is -2.04. The van der Waals surface area contributed by atoms with E-state index < -0.39 is 11.4 Å². The quantitative estimate of drug-likeness (QED) is 0.907. The van der Waals surface area contributed by atoms with Gasteiger partial charge in [0, 0.05) is 18.7 Å². The number of carbonyl (C=O) groups is 2. The second-order valence-electron chi connectivity index (χ2n) is 6.62. The van der Waals surface area contributed by atoms with Crippen molar-refractivity contribution in [2.75, 3.05) is 19.7 Å². The maximum Gasteiger partial charge on any atom is 0.311 e. The van der Waals surface area contributed by atoms with Crippen molar-refractivity contribution >= 4 is 11.9 Å². The lowest BCUT2D eigenvalue weighted by Crippen LogP contribution is -2.34. The molecule has 1 aliphatic carbocycles. The molecule has 2 fully saturated rings. The van der Waals surface area contributed by atoms with E-state index in [0.717, 1.165) is 12.4 Å². The zero-order chi connectivity index (χ0) is 15.7. The van der Waals surface area contributed by atoms with Crippen molar-refractivity contribution in [2.45, 2.75) is 26.2 Å². The first-order valence-corrected chi connectivity index (χ1v) is 7.73. The van der Waals surface area contributed by atoms with Crippen molar-refractivity contribution in [3.63, 3.8) is 0 Å². The Morgan fingerprint density at radius 1 is 1.32 bits per heavy atom. The molecule has 1 N–H and O–H groups in total. The molecule has 2 aliphatic rings. The summed E-state index contributed by atoms with van der Waals surface area (Å²) in [6.07, 6.45) is 2.98. The van der Waals surface area contributed by atoms with Gasteiger partial charge in [-0.05, 0) is 56.4 Å². The number of aliphatic carboxylic acids is 1. The first kappa shape index (κ1) is 14.9. The third-order valence-corrected chi connectivity index (χ3v) is 4.56. The molecule has 1 unspecified atom stereocenters. The molecule has 1 aromatic carbocycles. The topological polar surface area (TPSA) is 66.8 Å². The molecule has 3 rings (SSSR count). The van der Waals surface area contributed by atoms with Crippen LogP contribution < -0.4 is 4.74 Å². The van der Waals surface area contributed by atoms with Crippen molar-refractivity contribution in [1.29, 1.82) is 0 Å². The first-order chi connectivity index (χ1) is 10.5. The summed E-state index contributed by atoms with van der Waals surface area (Å²) in [5.74, 6) is 0.519. The van der Waals surface area contributed by atoms with Gasteiger partial charge in [0.05, 0.1) is 12.0 Å². The Bertz CT molecular complexity index is 579. The van der Waals surface area contributed by atoms with Gasteiger partial charge in [-0.3, -0.25) is 9.59 Å². The molecule has 118 valence electrons. The molecule has 1 amide bonds. The van der Waals surface area contributed by atoms with E-state index in [4.69, 9.17) is 4.74 Å².